The van der Waals surface area contributed by atoms with E-state index >= 15 is 0 Å². The molecular weight excluding hydrogens is 251 g/mol. The molecule has 0 aliphatic rings. The number of hydrogen-bond acceptors (Lipinski definition) is 0. The van der Waals surface area contributed by atoms with Gasteiger partial charge < -0.3 is 0 Å². The van der Waals surface area contributed by atoms with Gasteiger partial charge in [0.2, 0.25) is 5.82 Å². The van der Waals surface area contributed by atoms with Gasteiger partial charge in [0.05, 0.1) is 0 Å². The van der Waals surface area contributed by atoms with E-state index in [-0.39, 0.29) is 5.92 Å². The predicted molar refractivity (Wildman–Crippen MR) is 58.7 cm³/mol. The molecule has 1 unspecified atom stereocenters. The van der Waals surface area contributed by atoms with Crippen molar-refractivity contribution >= 4 is 0 Å². The van der Waals surface area contributed by atoms with Crippen molar-refractivity contribution in [3.05, 3.63) is 34.6 Å². The van der Waals surface area contributed by atoms with Crippen molar-refractivity contribution in [2.45, 2.75) is 39.5 Å². The molecule has 0 saturated heterocycles. The van der Waals surface area contributed by atoms with Crippen LogP contribution in [0.3, 0.4) is 0 Å². The van der Waals surface area contributed by atoms with Crippen molar-refractivity contribution in [1.82, 2.24) is 0 Å². The van der Waals surface area contributed by atoms with E-state index in [0.717, 1.165) is 0 Å². The molecule has 0 nitrogen and oxygen atoms in total. The van der Waals surface area contributed by atoms with Gasteiger partial charge in [-0.1, -0.05) is 27.2 Å². The van der Waals surface area contributed by atoms with Crippen molar-refractivity contribution in [3.63, 3.8) is 0 Å². The summed E-state index contributed by atoms with van der Waals surface area (Å²) in [4.78, 5) is 0. The van der Waals surface area contributed by atoms with E-state index in [9.17, 15) is 22.0 Å². The molecule has 18 heavy (non-hydrogen) atoms. The van der Waals surface area contributed by atoms with Crippen LogP contribution in [-0.2, 0) is 0 Å². The van der Waals surface area contributed by atoms with Crippen LogP contribution < -0.4 is 0 Å². The van der Waals surface area contributed by atoms with Gasteiger partial charge >= 0.3 is 0 Å². The molecule has 0 bridgehead atoms. The second kappa shape index (κ2) is 5.67. The minimum absolute atomic E-state index is 0.210. The Hall–Kier alpha value is -1.13. The first-order chi connectivity index (χ1) is 8.32. The highest BCUT2D eigenvalue weighted by Crippen LogP contribution is 2.35. The second-order valence-electron chi connectivity index (χ2n) is 4.62. The van der Waals surface area contributed by atoms with Crippen LogP contribution in [0, 0.1) is 35.0 Å². The Kier molecular flexibility index (Phi) is 4.71. The van der Waals surface area contributed by atoms with E-state index in [1.807, 2.05) is 0 Å². The molecule has 102 valence electrons. The summed E-state index contributed by atoms with van der Waals surface area (Å²) >= 11 is 0. The second-order valence-corrected chi connectivity index (χ2v) is 4.62. The zero-order chi connectivity index (χ0) is 14.0. The number of halogens is 5. The lowest BCUT2D eigenvalue weighted by atomic mass is 9.84. The average Bonchev–Trinajstić information content (AvgIpc) is 2.33. The molecule has 0 amide bonds. The minimum Gasteiger partial charge on any atom is -0.203 e. The van der Waals surface area contributed by atoms with E-state index in [1.54, 1.807) is 20.8 Å². The van der Waals surface area contributed by atoms with Crippen molar-refractivity contribution < 1.29 is 22.0 Å². The van der Waals surface area contributed by atoms with Crippen LogP contribution in [0.5, 0.6) is 0 Å². The Labute approximate surface area is 103 Å². The summed E-state index contributed by atoms with van der Waals surface area (Å²) in [5.41, 5.74) is -0.691. The fourth-order valence-corrected chi connectivity index (χ4v) is 2.07. The summed E-state index contributed by atoms with van der Waals surface area (Å²) in [5.74, 6) is -10.2. The van der Waals surface area contributed by atoms with Crippen LogP contribution in [0.25, 0.3) is 0 Å². The van der Waals surface area contributed by atoms with Crippen molar-refractivity contribution in [3.8, 4) is 0 Å². The SMILES string of the molecule is CCCC(c1c(F)c(F)c(F)c(F)c1F)C(C)C. The highest BCUT2D eigenvalue weighted by molar-refractivity contribution is 5.27. The molecule has 0 saturated carbocycles. The standard InChI is InChI=1S/C13H15F5/c1-4-5-7(6(2)3)8-9(14)11(16)13(18)12(17)10(8)15/h6-7H,4-5H2,1-3H3. The Balaban J connectivity index is 3.47. The summed E-state index contributed by atoms with van der Waals surface area (Å²) in [6.45, 7) is 5.18. The van der Waals surface area contributed by atoms with Gasteiger partial charge in [0.15, 0.2) is 23.3 Å². The first-order valence-corrected chi connectivity index (χ1v) is 5.84. The molecule has 0 spiro atoms. The Morgan fingerprint density at radius 2 is 1.17 bits per heavy atom. The predicted octanol–water partition coefficient (Wildman–Crippen LogP) is 4.92. The molecule has 0 fully saturated rings. The van der Waals surface area contributed by atoms with Crippen LogP contribution in [0.1, 0.15) is 45.1 Å². The summed E-state index contributed by atoms with van der Waals surface area (Å²) in [6.07, 6.45) is 0.971. The quantitative estimate of drug-likeness (QED) is 0.412. The van der Waals surface area contributed by atoms with Gasteiger partial charge in [-0.05, 0) is 18.3 Å². The number of hydrogen-bond donors (Lipinski definition) is 0. The maximum Gasteiger partial charge on any atom is 0.200 e. The minimum atomic E-state index is -2.10. The maximum absolute atomic E-state index is 13.6. The summed E-state index contributed by atoms with van der Waals surface area (Å²) < 4.78 is 66.4. The Morgan fingerprint density at radius 3 is 1.50 bits per heavy atom. The van der Waals surface area contributed by atoms with Crippen LogP contribution in [0.15, 0.2) is 0 Å². The lowest BCUT2D eigenvalue weighted by Crippen LogP contribution is -2.15. The van der Waals surface area contributed by atoms with Gasteiger partial charge in [0.25, 0.3) is 0 Å². The van der Waals surface area contributed by atoms with E-state index in [1.165, 1.54) is 0 Å². The van der Waals surface area contributed by atoms with E-state index < -0.39 is 40.6 Å². The topological polar surface area (TPSA) is 0 Å². The Morgan fingerprint density at radius 1 is 0.778 bits per heavy atom. The third-order valence-corrected chi connectivity index (χ3v) is 3.02. The fraction of sp³-hybridized carbons (Fsp3) is 0.538. The van der Waals surface area contributed by atoms with Crippen molar-refractivity contribution in [2.75, 3.05) is 0 Å². The van der Waals surface area contributed by atoms with Crippen LogP contribution >= 0.6 is 0 Å². The molecule has 0 radical (unpaired) electrons. The largest absolute Gasteiger partial charge is 0.203 e. The van der Waals surface area contributed by atoms with Gasteiger partial charge in [0.1, 0.15) is 0 Å². The van der Waals surface area contributed by atoms with E-state index in [2.05, 4.69) is 0 Å². The first kappa shape index (κ1) is 14.9. The van der Waals surface area contributed by atoms with Crippen LogP contribution in [0.4, 0.5) is 22.0 Å². The van der Waals surface area contributed by atoms with Gasteiger partial charge in [-0.25, -0.2) is 22.0 Å². The smallest absolute Gasteiger partial charge is 0.200 e. The molecule has 1 rings (SSSR count). The lowest BCUT2D eigenvalue weighted by Gasteiger charge is -2.22. The number of rotatable bonds is 4. The normalized spacial score (nSPS) is 13.2. The van der Waals surface area contributed by atoms with Crippen molar-refractivity contribution in [1.29, 1.82) is 0 Å². The fourth-order valence-electron chi connectivity index (χ4n) is 2.07. The molecule has 0 aliphatic carbocycles. The summed E-state index contributed by atoms with van der Waals surface area (Å²) in [6, 6.07) is 0. The molecule has 1 atom stereocenters. The van der Waals surface area contributed by atoms with E-state index in [0.29, 0.717) is 12.8 Å². The zero-order valence-corrected chi connectivity index (χ0v) is 10.5. The van der Waals surface area contributed by atoms with Crippen molar-refractivity contribution in [2.24, 2.45) is 5.92 Å². The zero-order valence-electron chi connectivity index (χ0n) is 10.5. The average molecular weight is 266 g/mol. The maximum atomic E-state index is 13.6. The monoisotopic (exact) mass is 266 g/mol. The molecule has 1 aromatic rings. The third-order valence-electron chi connectivity index (χ3n) is 3.02. The molecule has 0 N–H and O–H groups in total. The highest BCUT2D eigenvalue weighted by Gasteiger charge is 2.31. The lowest BCUT2D eigenvalue weighted by molar-refractivity contribution is 0.346. The van der Waals surface area contributed by atoms with Gasteiger partial charge in [-0.15, -0.1) is 0 Å². The summed E-state index contributed by atoms with van der Waals surface area (Å²) in [7, 11) is 0. The molecule has 0 aromatic heterocycles. The Bertz CT molecular complexity index is 410. The number of benzene rings is 1. The molecular formula is C13H15F5. The highest BCUT2D eigenvalue weighted by atomic mass is 19.2. The van der Waals surface area contributed by atoms with Gasteiger partial charge in [-0.2, -0.15) is 0 Å². The summed E-state index contributed by atoms with van der Waals surface area (Å²) in [5, 5.41) is 0. The molecule has 5 heteroatoms. The molecule has 0 heterocycles. The van der Waals surface area contributed by atoms with Crippen LogP contribution in [-0.4, -0.2) is 0 Å². The van der Waals surface area contributed by atoms with Gasteiger partial charge in [0, 0.05) is 5.56 Å². The van der Waals surface area contributed by atoms with Crippen LogP contribution in [0.2, 0.25) is 0 Å². The molecule has 1 aromatic carbocycles. The van der Waals surface area contributed by atoms with Gasteiger partial charge in [-0.3, -0.25) is 0 Å². The molecule has 0 aliphatic heterocycles. The first-order valence-electron chi connectivity index (χ1n) is 5.84. The third kappa shape index (κ3) is 2.49. The van der Waals surface area contributed by atoms with E-state index in [4.69, 9.17) is 0 Å².